The third-order valence-electron chi connectivity index (χ3n) is 1.61. The number of rotatable bonds is 1. The van der Waals surface area contributed by atoms with Gasteiger partial charge in [-0.2, -0.15) is 0 Å². The third-order valence-corrected chi connectivity index (χ3v) is 1.61. The Hall–Kier alpha value is -1.06. The first-order valence-corrected chi connectivity index (χ1v) is 3.21. The maximum atomic E-state index is 10.4. The Morgan fingerprint density at radius 1 is 1.80 bits per heavy atom. The summed E-state index contributed by atoms with van der Waals surface area (Å²) in [7, 11) is 0. The minimum absolute atomic E-state index is 0.313. The highest BCUT2D eigenvalue weighted by molar-refractivity contribution is 5.82. The second kappa shape index (κ2) is 2.68. The lowest BCUT2D eigenvalue weighted by Gasteiger charge is -2.14. The van der Waals surface area contributed by atoms with E-state index >= 15 is 0 Å². The lowest BCUT2D eigenvalue weighted by atomic mass is 10.0. The van der Waals surface area contributed by atoms with Crippen LogP contribution in [0.2, 0.25) is 0 Å². The van der Waals surface area contributed by atoms with Crippen molar-refractivity contribution in [1.29, 1.82) is 0 Å². The van der Waals surface area contributed by atoms with Gasteiger partial charge < -0.3 is 10.8 Å². The van der Waals surface area contributed by atoms with Gasteiger partial charge in [-0.1, -0.05) is 0 Å². The van der Waals surface area contributed by atoms with Crippen LogP contribution in [0.25, 0.3) is 0 Å². The molecule has 1 aliphatic heterocycles. The maximum Gasteiger partial charge on any atom is 0.308 e. The first-order chi connectivity index (χ1) is 4.70. The van der Waals surface area contributed by atoms with E-state index < -0.39 is 5.97 Å². The van der Waals surface area contributed by atoms with E-state index in [0.717, 1.165) is 0 Å². The van der Waals surface area contributed by atoms with Crippen molar-refractivity contribution in [3.63, 3.8) is 0 Å². The molecular weight excluding hydrogens is 132 g/mol. The lowest BCUT2D eigenvalue weighted by Crippen LogP contribution is -2.26. The van der Waals surface area contributed by atoms with Gasteiger partial charge in [0.05, 0.1) is 18.3 Å². The molecule has 0 aliphatic carbocycles. The van der Waals surface area contributed by atoms with Crippen LogP contribution in [0.5, 0.6) is 0 Å². The number of nitrogens with zero attached hydrogens (tertiary/aromatic N) is 1. The van der Waals surface area contributed by atoms with Gasteiger partial charge in [-0.3, -0.25) is 9.79 Å². The molecule has 1 rings (SSSR count). The van der Waals surface area contributed by atoms with E-state index in [-0.39, 0.29) is 5.92 Å². The van der Waals surface area contributed by atoms with Crippen molar-refractivity contribution in [3.05, 3.63) is 0 Å². The number of hydrogen-bond acceptors (Lipinski definition) is 3. The van der Waals surface area contributed by atoms with Crippen molar-refractivity contribution in [2.75, 3.05) is 6.54 Å². The molecule has 0 bridgehead atoms. The first kappa shape index (κ1) is 7.05. The van der Waals surface area contributed by atoms with Crippen molar-refractivity contribution in [2.24, 2.45) is 16.6 Å². The van der Waals surface area contributed by atoms with Crippen LogP contribution < -0.4 is 5.73 Å². The second-order valence-corrected chi connectivity index (χ2v) is 2.41. The molecule has 1 atom stereocenters. The average Bonchev–Trinajstić information content (AvgIpc) is 1.88. The predicted molar refractivity (Wildman–Crippen MR) is 36.8 cm³/mol. The highest BCUT2D eigenvalue weighted by atomic mass is 16.4. The normalized spacial score (nSPS) is 25.6. The van der Waals surface area contributed by atoms with Gasteiger partial charge in [0, 0.05) is 6.42 Å². The molecule has 1 heterocycles. The minimum Gasteiger partial charge on any atom is -0.481 e. The topological polar surface area (TPSA) is 75.7 Å². The monoisotopic (exact) mass is 142 g/mol. The van der Waals surface area contributed by atoms with E-state index in [2.05, 4.69) is 4.99 Å². The summed E-state index contributed by atoms with van der Waals surface area (Å²) in [4.78, 5) is 14.2. The summed E-state index contributed by atoms with van der Waals surface area (Å²) in [6, 6.07) is 0. The van der Waals surface area contributed by atoms with Gasteiger partial charge in [-0.25, -0.2) is 0 Å². The SMILES string of the molecule is NC1=NC[C@H](C(=O)O)CC1. The Kier molecular flexibility index (Phi) is 1.89. The highest BCUT2D eigenvalue weighted by Crippen LogP contribution is 2.11. The van der Waals surface area contributed by atoms with E-state index in [1.54, 1.807) is 0 Å². The van der Waals surface area contributed by atoms with Gasteiger partial charge in [0.1, 0.15) is 0 Å². The van der Waals surface area contributed by atoms with E-state index in [1.807, 2.05) is 0 Å². The second-order valence-electron chi connectivity index (χ2n) is 2.41. The smallest absolute Gasteiger partial charge is 0.308 e. The fraction of sp³-hybridized carbons (Fsp3) is 0.667. The Bertz CT molecular complexity index is 177. The van der Waals surface area contributed by atoms with Gasteiger partial charge in [0.15, 0.2) is 0 Å². The molecule has 0 aromatic heterocycles. The van der Waals surface area contributed by atoms with Gasteiger partial charge in [-0.15, -0.1) is 0 Å². The van der Waals surface area contributed by atoms with Crippen LogP contribution in [0.1, 0.15) is 12.8 Å². The lowest BCUT2D eigenvalue weighted by molar-refractivity contribution is -0.141. The number of nitrogens with two attached hydrogens (primary N) is 1. The number of carboxylic acids is 1. The maximum absolute atomic E-state index is 10.4. The van der Waals surface area contributed by atoms with Crippen LogP contribution in [0, 0.1) is 5.92 Å². The van der Waals surface area contributed by atoms with Crippen LogP contribution in [0.3, 0.4) is 0 Å². The molecule has 56 valence electrons. The van der Waals surface area contributed by atoms with Crippen LogP contribution >= 0.6 is 0 Å². The summed E-state index contributed by atoms with van der Waals surface area (Å²) in [6.07, 6.45) is 1.25. The molecule has 0 aromatic carbocycles. The standard InChI is InChI=1S/C6H10N2O2/c7-5-2-1-4(3-8-5)6(9)10/h4H,1-3H2,(H2,7,8)(H,9,10)/t4-/m1/s1. The Balaban J connectivity index is 2.50. The summed E-state index contributed by atoms with van der Waals surface area (Å²) in [5, 5.41) is 8.51. The minimum atomic E-state index is -0.767. The molecule has 3 N–H and O–H groups in total. The van der Waals surface area contributed by atoms with Gasteiger partial charge in [0.25, 0.3) is 0 Å². The van der Waals surface area contributed by atoms with Gasteiger partial charge in [-0.05, 0) is 6.42 Å². The van der Waals surface area contributed by atoms with Crippen molar-refractivity contribution in [2.45, 2.75) is 12.8 Å². The largest absolute Gasteiger partial charge is 0.481 e. The fourth-order valence-corrected chi connectivity index (χ4v) is 0.921. The molecule has 0 saturated heterocycles. The predicted octanol–water partition coefficient (Wildman–Crippen LogP) is -0.162. The molecular formula is C6H10N2O2. The zero-order valence-electron chi connectivity index (χ0n) is 5.58. The van der Waals surface area contributed by atoms with Crippen molar-refractivity contribution in [1.82, 2.24) is 0 Å². The average molecular weight is 142 g/mol. The molecule has 4 nitrogen and oxygen atoms in total. The number of aliphatic imine (C=N–C) groups is 1. The summed E-state index contributed by atoms with van der Waals surface area (Å²) < 4.78 is 0. The first-order valence-electron chi connectivity index (χ1n) is 3.21. The van der Waals surface area contributed by atoms with Crippen molar-refractivity contribution >= 4 is 11.8 Å². The third kappa shape index (κ3) is 1.46. The molecule has 4 heteroatoms. The van der Waals surface area contributed by atoms with E-state index in [4.69, 9.17) is 10.8 Å². The van der Waals surface area contributed by atoms with Crippen molar-refractivity contribution < 1.29 is 9.90 Å². The van der Waals surface area contributed by atoms with E-state index in [9.17, 15) is 4.79 Å². The van der Waals surface area contributed by atoms with Crippen LogP contribution in [-0.2, 0) is 4.79 Å². The van der Waals surface area contributed by atoms with Crippen LogP contribution in [0.15, 0.2) is 4.99 Å². The summed E-state index contributed by atoms with van der Waals surface area (Å²) in [6.45, 7) is 0.348. The highest BCUT2D eigenvalue weighted by Gasteiger charge is 2.20. The molecule has 0 unspecified atom stereocenters. The Morgan fingerprint density at radius 2 is 2.50 bits per heavy atom. The zero-order chi connectivity index (χ0) is 7.56. The molecule has 0 spiro atoms. The zero-order valence-corrected chi connectivity index (χ0v) is 5.58. The van der Waals surface area contributed by atoms with Crippen molar-refractivity contribution in [3.8, 4) is 0 Å². The Morgan fingerprint density at radius 3 is 2.90 bits per heavy atom. The molecule has 0 saturated carbocycles. The van der Waals surface area contributed by atoms with Gasteiger partial charge >= 0.3 is 5.97 Å². The quantitative estimate of drug-likeness (QED) is 0.534. The molecule has 1 aliphatic rings. The van der Waals surface area contributed by atoms with Crippen LogP contribution in [0.4, 0.5) is 0 Å². The molecule has 10 heavy (non-hydrogen) atoms. The number of aliphatic carboxylic acids is 1. The van der Waals surface area contributed by atoms with E-state index in [0.29, 0.717) is 25.2 Å². The Labute approximate surface area is 58.7 Å². The van der Waals surface area contributed by atoms with E-state index in [1.165, 1.54) is 0 Å². The number of hydrogen-bond donors (Lipinski definition) is 2. The molecule has 0 fully saturated rings. The summed E-state index contributed by atoms with van der Waals surface area (Å²) in [5.41, 5.74) is 5.35. The number of amidine groups is 1. The van der Waals surface area contributed by atoms with Gasteiger partial charge in [0.2, 0.25) is 0 Å². The number of carbonyl (C=O) groups is 1. The molecule has 0 radical (unpaired) electrons. The molecule has 0 amide bonds. The van der Waals surface area contributed by atoms with Crippen LogP contribution in [-0.4, -0.2) is 23.5 Å². The number of carboxylic acid groups (broad SMARTS) is 1. The summed E-state index contributed by atoms with van der Waals surface area (Å²) >= 11 is 0. The summed E-state index contributed by atoms with van der Waals surface area (Å²) in [5.74, 6) is -0.499. The molecule has 0 aromatic rings. The fourth-order valence-electron chi connectivity index (χ4n) is 0.921.